The number of aliphatic hydroxyl groups excluding tert-OH is 1. The lowest BCUT2D eigenvalue weighted by Crippen LogP contribution is -2.43. The summed E-state index contributed by atoms with van der Waals surface area (Å²) in [5.41, 5.74) is 0. The Morgan fingerprint density at radius 1 is 1.28 bits per heavy atom. The van der Waals surface area contributed by atoms with Gasteiger partial charge in [-0.1, -0.05) is 6.92 Å². The highest BCUT2D eigenvalue weighted by molar-refractivity contribution is 5.79. The van der Waals surface area contributed by atoms with Crippen LogP contribution in [0.2, 0.25) is 0 Å². The summed E-state index contributed by atoms with van der Waals surface area (Å²) in [5, 5.41) is 12.3. The minimum absolute atomic E-state index is 0.0468. The molecule has 2 unspecified atom stereocenters. The van der Waals surface area contributed by atoms with E-state index in [9.17, 15) is 4.79 Å². The monoisotopic (exact) mass is 255 g/mol. The quantitative estimate of drug-likeness (QED) is 0.799. The Bertz CT molecular complexity index is 274. The summed E-state index contributed by atoms with van der Waals surface area (Å²) in [4.78, 5) is 12.2. The van der Waals surface area contributed by atoms with E-state index in [2.05, 4.69) is 12.2 Å². The summed E-state index contributed by atoms with van der Waals surface area (Å²) in [7, 11) is 0. The van der Waals surface area contributed by atoms with Crippen LogP contribution < -0.4 is 5.32 Å². The number of aliphatic hydroxyl groups is 1. The van der Waals surface area contributed by atoms with Crippen LogP contribution in [0, 0.1) is 11.8 Å². The molecular formula is C14H25NO3. The fraction of sp³-hybridized carbons (Fsp3) is 0.929. The Labute approximate surface area is 109 Å². The largest absolute Gasteiger partial charge is 0.396 e. The summed E-state index contributed by atoms with van der Waals surface area (Å²) in [6, 6.07) is 0.304. The van der Waals surface area contributed by atoms with Crippen molar-refractivity contribution in [3.05, 3.63) is 0 Å². The molecule has 4 nitrogen and oxygen atoms in total. The van der Waals surface area contributed by atoms with Crippen molar-refractivity contribution in [3.8, 4) is 0 Å². The molecule has 104 valence electrons. The van der Waals surface area contributed by atoms with Crippen molar-refractivity contribution in [2.45, 2.75) is 57.6 Å². The summed E-state index contributed by atoms with van der Waals surface area (Å²) < 4.78 is 5.57. The lowest BCUT2D eigenvalue weighted by Gasteiger charge is -2.29. The highest BCUT2D eigenvalue weighted by Crippen LogP contribution is 2.26. The summed E-state index contributed by atoms with van der Waals surface area (Å²) in [5.74, 6) is 0.661. The van der Waals surface area contributed by atoms with Gasteiger partial charge >= 0.3 is 0 Å². The van der Waals surface area contributed by atoms with E-state index in [0.717, 1.165) is 38.5 Å². The standard InChI is InChI=1S/C14H25NO3/c1-2-13-12(7-8-18-13)14(17)15-11-5-3-10(9-16)4-6-11/h10-13,16H,2-9H2,1H3,(H,15,17). The first-order valence-corrected chi connectivity index (χ1v) is 7.27. The highest BCUT2D eigenvalue weighted by atomic mass is 16.5. The maximum absolute atomic E-state index is 12.2. The number of nitrogens with one attached hydrogen (secondary N) is 1. The molecule has 0 aromatic carbocycles. The summed E-state index contributed by atoms with van der Waals surface area (Å²) in [6.45, 7) is 3.08. The smallest absolute Gasteiger partial charge is 0.226 e. The van der Waals surface area contributed by atoms with Crippen molar-refractivity contribution in [3.63, 3.8) is 0 Å². The van der Waals surface area contributed by atoms with Gasteiger partial charge in [-0.15, -0.1) is 0 Å². The van der Waals surface area contributed by atoms with Gasteiger partial charge in [-0.05, 0) is 44.4 Å². The number of hydrogen-bond acceptors (Lipinski definition) is 3. The second-order valence-corrected chi connectivity index (χ2v) is 5.62. The van der Waals surface area contributed by atoms with Gasteiger partial charge in [0, 0.05) is 19.3 Å². The molecule has 2 fully saturated rings. The van der Waals surface area contributed by atoms with Gasteiger partial charge in [0.25, 0.3) is 0 Å². The van der Waals surface area contributed by atoms with Crippen LogP contribution in [-0.4, -0.2) is 36.4 Å². The molecule has 1 aliphatic heterocycles. The lowest BCUT2D eigenvalue weighted by atomic mass is 9.86. The Hall–Kier alpha value is -0.610. The van der Waals surface area contributed by atoms with E-state index in [4.69, 9.17) is 9.84 Å². The highest BCUT2D eigenvalue weighted by Gasteiger charge is 2.34. The maximum atomic E-state index is 12.2. The van der Waals surface area contributed by atoms with E-state index in [1.54, 1.807) is 0 Å². The summed E-state index contributed by atoms with van der Waals surface area (Å²) in [6.07, 6.45) is 5.94. The molecule has 1 amide bonds. The van der Waals surface area contributed by atoms with Gasteiger partial charge in [-0.25, -0.2) is 0 Å². The molecule has 4 heteroatoms. The van der Waals surface area contributed by atoms with Crippen molar-refractivity contribution in [2.24, 2.45) is 11.8 Å². The Kier molecular flexibility index (Phi) is 5.01. The first-order chi connectivity index (χ1) is 8.74. The van der Waals surface area contributed by atoms with Crippen LogP contribution in [0.15, 0.2) is 0 Å². The van der Waals surface area contributed by atoms with E-state index in [1.165, 1.54) is 0 Å². The third-order valence-electron chi connectivity index (χ3n) is 4.40. The normalized spacial score (nSPS) is 36.6. The minimum Gasteiger partial charge on any atom is -0.396 e. The summed E-state index contributed by atoms with van der Waals surface area (Å²) >= 11 is 0. The van der Waals surface area contributed by atoms with Gasteiger partial charge in [0.05, 0.1) is 12.0 Å². The zero-order chi connectivity index (χ0) is 13.0. The maximum Gasteiger partial charge on any atom is 0.226 e. The van der Waals surface area contributed by atoms with Gasteiger partial charge < -0.3 is 15.2 Å². The molecule has 18 heavy (non-hydrogen) atoms. The molecule has 1 aliphatic carbocycles. The number of carbonyl (C=O) groups excluding carboxylic acids is 1. The Morgan fingerprint density at radius 3 is 2.61 bits per heavy atom. The van der Waals surface area contributed by atoms with Gasteiger partial charge in [-0.3, -0.25) is 4.79 Å². The number of carbonyl (C=O) groups is 1. The first-order valence-electron chi connectivity index (χ1n) is 7.27. The molecule has 0 aromatic rings. The van der Waals surface area contributed by atoms with Crippen LogP contribution in [0.25, 0.3) is 0 Å². The Balaban J connectivity index is 1.77. The van der Waals surface area contributed by atoms with Crippen molar-refractivity contribution >= 4 is 5.91 Å². The third kappa shape index (κ3) is 3.23. The van der Waals surface area contributed by atoms with Gasteiger partial charge in [0.2, 0.25) is 5.91 Å². The number of rotatable bonds is 4. The van der Waals surface area contributed by atoms with Crippen LogP contribution in [0.3, 0.4) is 0 Å². The van der Waals surface area contributed by atoms with E-state index < -0.39 is 0 Å². The molecule has 0 bridgehead atoms. The topological polar surface area (TPSA) is 58.6 Å². The molecule has 0 radical (unpaired) electrons. The van der Waals surface area contributed by atoms with Crippen LogP contribution in [-0.2, 0) is 9.53 Å². The molecule has 0 spiro atoms. The van der Waals surface area contributed by atoms with Crippen molar-refractivity contribution in [1.82, 2.24) is 5.32 Å². The average Bonchev–Trinajstić information content (AvgIpc) is 2.88. The van der Waals surface area contributed by atoms with E-state index in [0.29, 0.717) is 18.6 Å². The van der Waals surface area contributed by atoms with E-state index in [1.807, 2.05) is 0 Å². The first kappa shape index (κ1) is 13.8. The molecule has 2 N–H and O–H groups in total. The molecule has 2 rings (SSSR count). The molecule has 1 saturated carbocycles. The fourth-order valence-corrected chi connectivity index (χ4v) is 3.15. The molecule has 1 heterocycles. The van der Waals surface area contributed by atoms with Crippen LogP contribution in [0.4, 0.5) is 0 Å². The van der Waals surface area contributed by atoms with E-state index in [-0.39, 0.29) is 24.5 Å². The molecule has 1 saturated heterocycles. The lowest BCUT2D eigenvalue weighted by molar-refractivity contribution is -0.127. The predicted octanol–water partition coefficient (Wildman–Crippen LogP) is 1.47. The van der Waals surface area contributed by atoms with Crippen molar-refractivity contribution in [2.75, 3.05) is 13.2 Å². The fourth-order valence-electron chi connectivity index (χ4n) is 3.15. The number of amides is 1. The van der Waals surface area contributed by atoms with Crippen molar-refractivity contribution < 1.29 is 14.6 Å². The second kappa shape index (κ2) is 6.53. The van der Waals surface area contributed by atoms with Crippen LogP contribution in [0.1, 0.15) is 45.4 Å². The second-order valence-electron chi connectivity index (χ2n) is 5.62. The number of ether oxygens (including phenoxy) is 1. The Morgan fingerprint density at radius 2 is 2.00 bits per heavy atom. The zero-order valence-corrected chi connectivity index (χ0v) is 11.2. The molecule has 2 aliphatic rings. The average molecular weight is 255 g/mol. The SMILES string of the molecule is CCC1OCCC1C(=O)NC1CCC(CO)CC1. The van der Waals surface area contributed by atoms with Crippen LogP contribution >= 0.6 is 0 Å². The van der Waals surface area contributed by atoms with Gasteiger partial charge in [-0.2, -0.15) is 0 Å². The minimum atomic E-state index is 0.0468. The zero-order valence-electron chi connectivity index (χ0n) is 11.2. The predicted molar refractivity (Wildman–Crippen MR) is 69.1 cm³/mol. The third-order valence-corrected chi connectivity index (χ3v) is 4.40. The number of hydrogen-bond donors (Lipinski definition) is 2. The van der Waals surface area contributed by atoms with Gasteiger partial charge in [0.1, 0.15) is 0 Å². The van der Waals surface area contributed by atoms with E-state index >= 15 is 0 Å². The molecule has 2 atom stereocenters. The molecule has 0 aromatic heterocycles. The molecular weight excluding hydrogens is 230 g/mol. The van der Waals surface area contributed by atoms with Crippen molar-refractivity contribution in [1.29, 1.82) is 0 Å². The van der Waals surface area contributed by atoms with Crippen LogP contribution in [0.5, 0.6) is 0 Å². The van der Waals surface area contributed by atoms with Gasteiger partial charge in [0.15, 0.2) is 0 Å².